The molecule has 164 valence electrons. The van der Waals surface area contributed by atoms with E-state index in [-0.39, 0.29) is 10.6 Å². The summed E-state index contributed by atoms with van der Waals surface area (Å²) in [5, 5.41) is 0. The quantitative estimate of drug-likeness (QED) is 0.478. The first-order chi connectivity index (χ1) is 15.3. The summed E-state index contributed by atoms with van der Waals surface area (Å²) < 4.78 is 48.4. The van der Waals surface area contributed by atoms with Crippen LogP contribution in [0.2, 0.25) is 0 Å². The van der Waals surface area contributed by atoms with Crippen LogP contribution in [0.15, 0.2) is 76.6 Å². The number of hydrogen-bond donors (Lipinski definition) is 1. The van der Waals surface area contributed by atoms with Crippen molar-refractivity contribution in [2.24, 2.45) is 12.0 Å². The monoisotopic (exact) mass is 471 g/mol. The average molecular weight is 472 g/mol. The number of ether oxygens (including phenoxy) is 1. The number of aromatic nitrogens is 1. The first-order valence-corrected chi connectivity index (χ1v) is 11.7. The minimum Gasteiger partial charge on any atom is -0.495 e. The second-order valence-electron chi connectivity index (χ2n) is 6.80. The first kappa shape index (κ1) is 21.7. The second kappa shape index (κ2) is 8.56. The van der Waals surface area contributed by atoms with Gasteiger partial charge in [0.25, 0.3) is 15.9 Å². The summed E-state index contributed by atoms with van der Waals surface area (Å²) in [6.45, 7) is 0. The van der Waals surface area contributed by atoms with Crippen LogP contribution < -0.4 is 14.3 Å². The SMILES string of the molecule is COc1cccc2sc(=NC(=O)c3ccc(NS(=O)(=O)c4ccc(F)cc4)cc3)n(C)c12. The van der Waals surface area contributed by atoms with E-state index in [1.165, 1.54) is 47.7 Å². The summed E-state index contributed by atoms with van der Waals surface area (Å²) in [6.07, 6.45) is 0. The van der Waals surface area contributed by atoms with Crippen LogP contribution in [0, 0.1) is 5.82 Å². The topological polar surface area (TPSA) is 89.8 Å². The van der Waals surface area contributed by atoms with Crippen molar-refractivity contribution < 1.29 is 22.3 Å². The number of methoxy groups -OCH3 is 1. The van der Waals surface area contributed by atoms with E-state index in [1.54, 1.807) is 18.7 Å². The number of hydrogen-bond acceptors (Lipinski definition) is 5. The molecule has 32 heavy (non-hydrogen) atoms. The molecule has 0 unspecified atom stereocenters. The molecule has 0 aliphatic rings. The maximum absolute atomic E-state index is 13.0. The van der Waals surface area contributed by atoms with Gasteiger partial charge in [-0.3, -0.25) is 9.52 Å². The number of aryl methyl sites for hydroxylation is 1. The number of halogens is 1. The van der Waals surface area contributed by atoms with Crippen molar-refractivity contribution in [1.82, 2.24) is 4.57 Å². The molecule has 1 aromatic heterocycles. The Bertz CT molecular complexity index is 1470. The number of benzene rings is 3. The van der Waals surface area contributed by atoms with Crippen LogP contribution in [0.4, 0.5) is 10.1 Å². The molecule has 0 saturated carbocycles. The minimum absolute atomic E-state index is 0.0678. The maximum atomic E-state index is 13.0. The molecule has 3 aromatic carbocycles. The Kier molecular flexibility index (Phi) is 5.81. The van der Waals surface area contributed by atoms with Crippen molar-refractivity contribution in [3.05, 3.63) is 82.9 Å². The summed E-state index contributed by atoms with van der Waals surface area (Å²) in [5.41, 5.74) is 1.42. The molecule has 7 nitrogen and oxygen atoms in total. The van der Waals surface area contributed by atoms with Crippen LogP contribution in [-0.4, -0.2) is 26.0 Å². The lowest BCUT2D eigenvalue weighted by molar-refractivity contribution is 0.0998. The van der Waals surface area contributed by atoms with Crippen LogP contribution in [0.25, 0.3) is 10.2 Å². The van der Waals surface area contributed by atoms with Crippen LogP contribution in [0.1, 0.15) is 10.4 Å². The Labute approximate surface area is 187 Å². The van der Waals surface area contributed by atoms with E-state index in [4.69, 9.17) is 4.74 Å². The number of sulfonamides is 1. The summed E-state index contributed by atoms with van der Waals surface area (Å²) in [5.74, 6) is -0.298. The Morgan fingerprint density at radius 2 is 1.75 bits per heavy atom. The lowest BCUT2D eigenvalue weighted by atomic mass is 10.2. The number of carbonyl (C=O) groups excluding carboxylic acids is 1. The zero-order valence-corrected chi connectivity index (χ0v) is 18.7. The number of para-hydroxylation sites is 1. The fourth-order valence-electron chi connectivity index (χ4n) is 3.10. The van der Waals surface area contributed by atoms with Gasteiger partial charge >= 0.3 is 0 Å². The van der Waals surface area contributed by atoms with E-state index in [0.29, 0.717) is 16.1 Å². The Balaban J connectivity index is 1.58. The molecule has 4 aromatic rings. The van der Waals surface area contributed by atoms with E-state index in [9.17, 15) is 17.6 Å². The van der Waals surface area contributed by atoms with Crippen molar-refractivity contribution in [3.63, 3.8) is 0 Å². The number of rotatable bonds is 5. The van der Waals surface area contributed by atoms with Gasteiger partial charge in [0.15, 0.2) is 4.80 Å². The minimum atomic E-state index is -3.88. The molecule has 1 N–H and O–H groups in total. The average Bonchev–Trinajstić information content (AvgIpc) is 3.09. The number of fused-ring (bicyclic) bond motifs is 1. The van der Waals surface area contributed by atoms with Crippen molar-refractivity contribution >= 4 is 43.2 Å². The van der Waals surface area contributed by atoms with Crippen LogP contribution in [0.5, 0.6) is 5.75 Å². The fourth-order valence-corrected chi connectivity index (χ4v) is 5.19. The van der Waals surface area contributed by atoms with Gasteiger partial charge in [0, 0.05) is 18.3 Å². The maximum Gasteiger partial charge on any atom is 0.279 e. The van der Waals surface area contributed by atoms with Gasteiger partial charge in [-0.15, -0.1) is 0 Å². The number of carbonyl (C=O) groups is 1. The summed E-state index contributed by atoms with van der Waals surface area (Å²) in [7, 11) is -0.487. The molecule has 0 saturated heterocycles. The zero-order chi connectivity index (χ0) is 22.9. The van der Waals surface area contributed by atoms with Crippen molar-refractivity contribution in [2.75, 3.05) is 11.8 Å². The normalized spacial score (nSPS) is 12.2. The number of amides is 1. The van der Waals surface area contributed by atoms with Crippen molar-refractivity contribution in [2.45, 2.75) is 4.90 Å². The predicted octanol–water partition coefficient (Wildman–Crippen LogP) is 3.93. The van der Waals surface area contributed by atoms with E-state index >= 15 is 0 Å². The number of nitrogens with zero attached hydrogens (tertiary/aromatic N) is 2. The van der Waals surface area contributed by atoms with Gasteiger partial charge in [0.2, 0.25) is 0 Å². The smallest absolute Gasteiger partial charge is 0.279 e. The second-order valence-corrected chi connectivity index (χ2v) is 9.50. The first-order valence-electron chi connectivity index (χ1n) is 9.38. The van der Waals surface area contributed by atoms with E-state index < -0.39 is 21.7 Å². The number of nitrogens with one attached hydrogen (secondary N) is 1. The van der Waals surface area contributed by atoms with Gasteiger partial charge in [0.05, 0.1) is 16.7 Å². The Morgan fingerprint density at radius 1 is 1.06 bits per heavy atom. The Hall–Kier alpha value is -3.50. The Morgan fingerprint density at radius 3 is 2.41 bits per heavy atom. The molecule has 0 aliphatic carbocycles. The molecule has 1 heterocycles. The zero-order valence-electron chi connectivity index (χ0n) is 17.1. The largest absolute Gasteiger partial charge is 0.495 e. The molecule has 0 aliphatic heterocycles. The van der Waals surface area contributed by atoms with E-state index in [1.807, 2.05) is 18.2 Å². The van der Waals surface area contributed by atoms with Gasteiger partial charge in [-0.25, -0.2) is 12.8 Å². The molecule has 10 heteroatoms. The van der Waals surface area contributed by atoms with Gasteiger partial charge in [-0.05, 0) is 60.7 Å². The molecule has 0 fully saturated rings. The standard InChI is InChI=1S/C22H18FN3O4S2/c1-26-20-18(30-2)4-3-5-19(20)31-22(26)24-21(27)14-6-10-16(11-7-14)25-32(28,29)17-12-8-15(23)9-13-17/h3-13,25H,1-2H3. The third kappa shape index (κ3) is 4.27. The van der Waals surface area contributed by atoms with Gasteiger partial charge in [-0.1, -0.05) is 17.4 Å². The molecule has 0 radical (unpaired) electrons. The summed E-state index contributed by atoms with van der Waals surface area (Å²) >= 11 is 1.36. The fraction of sp³-hybridized carbons (Fsp3) is 0.0909. The molecule has 0 bridgehead atoms. The third-order valence-electron chi connectivity index (χ3n) is 4.71. The molecular weight excluding hydrogens is 453 g/mol. The molecule has 0 spiro atoms. The van der Waals surface area contributed by atoms with Gasteiger partial charge < -0.3 is 9.30 Å². The third-order valence-corrected chi connectivity index (χ3v) is 7.20. The highest BCUT2D eigenvalue weighted by Crippen LogP contribution is 2.26. The van der Waals surface area contributed by atoms with Crippen molar-refractivity contribution in [1.29, 1.82) is 0 Å². The highest BCUT2D eigenvalue weighted by molar-refractivity contribution is 7.92. The predicted molar refractivity (Wildman–Crippen MR) is 121 cm³/mol. The molecule has 4 rings (SSSR count). The summed E-state index contributed by atoms with van der Waals surface area (Å²) in [6, 6.07) is 16.0. The van der Waals surface area contributed by atoms with Gasteiger partial charge in [-0.2, -0.15) is 4.99 Å². The molecule has 1 amide bonds. The molecular formula is C22H18FN3O4S2. The lowest BCUT2D eigenvalue weighted by Gasteiger charge is -2.08. The van der Waals surface area contributed by atoms with Crippen LogP contribution in [0.3, 0.4) is 0 Å². The van der Waals surface area contributed by atoms with Gasteiger partial charge in [0.1, 0.15) is 17.1 Å². The number of anilines is 1. The molecule has 0 atom stereocenters. The lowest BCUT2D eigenvalue weighted by Crippen LogP contribution is -2.14. The summed E-state index contributed by atoms with van der Waals surface area (Å²) in [4.78, 5) is 17.3. The van der Waals surface area contributed by atoms with Crippen molar-refractivity contribution in [3.8, 4) is 5.75 Å². The highest BCUT2D eigenvalue weighted by atomic mass is 32.2. The van der Waals surface area contributed by atoms with E-state index in [0.717, 1.165) is 22.3 Å². The number of thiazole rings is 1. The van der Waals surface area contributed by atoms with E-state index in [2.05, 4.69) is 9.71 Å². The van der Waals surface area contributed by atoms with Crippen LogP contribution in [-0.2, 0) is 17.1 Å². The van der Waals surface area contributed by atoms with Crippen LogP contribution >= 0.6 is 11.3 Å². The highest BCUT2D eigenvalue weighted by Gasteiger charge is 2.15.